The Labute approximate surface area is 66.0 Å². The molecule has 2 atom stereocenters. The number of rotatable bonds is 0. The van der Waals surface area contributed by atoms with E-state index >= 15 is 0 Å². The first kappa shape index (κ1) is 7.93. The van der Waals surface area contributed by atoms with Crippen molar-refractivity contribution >= 4 is 6.09 Å². The van der Waals surface area contributed by atoms with Gasteiger partial charge in [-0.25, -0.2) is 4.79 Å². The van der Waals surface area contributed by atoms with Gasteiger partial charge in [-0.3, -0.25) is 4.90 Å². The van der Waals surface area contributed by atoms with E-state index in [2.05, 4.69) is 5.92 Å². The fourth-order valence-electron chi connectivity index (χ4n) is 1.47. The Kier molecular flexibility index (Phi) is 2.04. The van der Waals surface area contributed by atoms with Gasteiger partial charge < -0.3 is 5.11 Å². The summed E-state index contributed by atoms with van der Waals surface area (Å²) in [7, 11) is 0. The van der Waals surface area contributed by atoms with Gasteiger partial charge in [0.2, 0.25) is 0 Å². The molecule has 1 heterocycles. The van der Waals surface area contributed by atoms with E-state index in [0.29, 0.717) is 0 Å². The van der Waals surface area contributed by atoms with Gasteiger partial charge in [-0.15, -0.1) is 6.42 Å². The van der Waals surface area contributed by atoms with Crippen molar-refractivity contribution in [1.82, 2.24) is 4.90 Å². The normalized spacial score (nSPS) is 30.0. The van der Waals surface area contributed by atoms with Crippen molar-refractivity contribution in [2.75, 3.05) is 0 Å². The van der Waals surface area contributed by atoms with Crippen LogP contribution in [0.5, 0.6) is 0 Å². The molecule has 0 aromatic rings. The predicted octanol–water partition coefficient (Wildman–Crippen LogP) is 1.15. The standard InChI is InChI=1S/C8H11NO2/c1-3-7-5-4-6(2)9(7)8(10)11/h1,6-7H,4-5H2,2H3,(H,10,11)/t6-,7+/m0/s1. The van der Waals surface area contributed by atoms with Gasteiger partial charge in [0.25, 0.3) is 0 Å². The molecule has 3 nitrogen and oxygen atoms in total. The Balaban J connectivity index is 2.73. The molecule has 0 radical (unpaired) electrons. The average molecular weight is 153 g/mol. The van der Waals surface area contributed by atoms with Gasteiger partial charge in [0.05, 0.1) is 6.04 Å². The lowest BCUT2D eigenvalue weighted by Crippen LogP contribution is -2.38. The second-order valence-electron chi connectivity index (χ2n) is 2.80. The van der Waals surface area contributed by atoms with Crippen molar-refractivity contribution < 1.29 is 9.90 Å². The van der Waals surface area contributed by atoms with Crippen LogP contribution in [0, 0.1) is 12.3 Å². The van der Waals surface area contributed by atoms with Crippen LogP contribution in [0.2, 0.25) is 0 Å². The number of amides is 1. The zero-order valence-corrected chi connectivity index (χ0v) is 6.45. The van der Waals surface area contributed by atoms with Crippen molar-refractivity contribution in [2.45, 2.75) is 31.8 Å². The smallest absolute Gasteiger partial charge is 0.408 e. The summed E-state index contributed by atoms with van der Waals surface area (Å²) in [6.07, 6.45) is 5.94. The number of terminal acetylenes is 1. The van der Waals surface area contributed by atoms with E-state index in [1.54, 1.807) is 0 Å². The summed E-state index contributed by atoms with van der Waals surface area (Å²) >= 11 is 0. The Morgan fingerprint density at radius 2 is 2.36 bits per heavy atom. The van der Waals surface area contributed by atoms with E-state index in [0.717, 1.165) is 12.8 Å². The largest absolute Gasteiger partial charge is 0.465 e. The van der Waals surface area contributed by atoms with Crippen LogP contribution in [0.4, 0.5) is 4.79 Å². The van der Waals surface area contributed by atoms with Gasteiger partial charge in [0.15, 0.2) is 0 Å². The Bertz CT molecular complexity index is 207. The average Bonchev–Trinajstić information content (AvgIpc) is 2.30. The summed E-state index contributed by atoms with van der Waals surface area (Å²) in [5, 5.41) is 8.72. The highest BCUT2D eigenvalue weighted by Crippen LogP contribution is 2.22. The highest BCUT2D eigenvalue weighted by Gasteiger charge is 2.32. The molecule has 1 fully saturated rings. The van der Waals surface area contributed by atoms with Crippen LogP contribution in [0.25, 0.3) is 0 Å². The number of carbonyl (C=O) groups is 1. The lowest BCUT2D eigenvalue weighted by Gasteiger charge is -2.21. The lowest BCUT2D eigenvalue weighted by molar-refractivity contribution is 0.135. The van der Waals surface area contributed by atoms with Gasteiger partial charge in [-0.1, -0.05) is 5.92 Å². The summed E-state index contributed by atoms with van der Waals surface area (Å²) < 4.78 is 0. The molecular weight excluding hydrogens is 142 g/mol. The molecule has 0 aromatic carbocycles. The molecule has 1 rings (SSSR count). The van der Waals surface area contributed by atoms with E-state index < -0.39 is 6.09 Å². The summed E-state index contributed by atoms with van der Waals surface area (Å²) in [5.41, 5.74) is 0. The third kappa shape index (κ3) is 1.30. The zero-order valence-electron chi connectivity index (χ0n) is 6.45. The maximum atomic E-state index is 10.6. The number of hydrogen-bond acceptors (Lipinski definition) is 1. The molecule has 0 unspecified atom stereocenters. The molecular formula is C8H11NO2. The van der Waals surface area contributed by atoms with Crippen LogP contribution in [0.1, 0.15) is 19.8 Å². The molecule has 1 N–H and O–H groups in total. The summed E-state index contributed by atoms with van der Waals surface area (Å²) in [5.74, 6) is 2.47. The van der Waals surface area contributed by atoms with E-state index in [1.807, 2.05) is 6.92 Å². The van der Waals surface area contributed by atoms with Crippen LogP contribution in [-0.2, 0) is 0 Å². The number of nitrogens with zero attached hydrogens (tertiary/aromatic N) is 1. The monoisotopic (exact) mass is 153 g/mol. The minimum absolute atomic E-state index is 0.0774. The molecule has 0 aromatic heterocycles. The summed E-state index contributed by atoms with van der Waals surface area (Å²) in [6.45, 7) is 1.88. The van der Waals surface area contributed by atoms with E-state index in [-0.39, 0.29) is 12.1 Å². The molecule has 1 aliphatic rings. The Hall–Kier alpha value is -1.17. The first-order valence-corrected chi connectivity index (χ1v) is 3.64. The number of likely N-dealkylation sites (tertiary alicyclic amines) is 1. The van der Waals surface area contributed by atoms with Crippen LogP contribution in [0.3, 0.4) is 0 Å². The van der Waals surface area contributed by atoms with Gasteiger partial charge in [0.1, 0.15) is 0 Å². The van der Waals surface area contributed by atoms with Crippen molar-refractivity contribution in [2.24, 2.45) is 0 Å². The molecule has 0 aliphatic carbocycles. The molecule has 0 bridgehead atoms. The fraction of sp³-hybridized carbons (Fsp3) is 0.625. The van der Waals surface area contributed by atoms with Gasteiger partial charge in [-0.2, -0.15) is 0 Å². The molecule has 0 spiro atoms. The van der Waals surface area contributed by atoms with E-state index in [4.69, 9.17) is 11.5 Å². The van der Waals surface area contributed by atoms with E-state index in [9.17, 15) is 4.79 Å². The molecule has 60 valence electrons. The van der Waals surface area contributed by atoms with Crippen LogP contribution < -0.4 is 0 Å². The maximum absolute atomic E-state index is 10.6. The van der Waals surface area contributed by atoms with Crippen molar-refractivity contribution in [3.8, 4) is 12.3 Å². The molecule has 1 amide bonds. The maximum Gasteiger partial charge on any atom is 0.408 e. The molecule has 1 aliphatic heterocycles. The van der Waals surface area contributed by atoms with Crippen molar-refractivity contribution in [3.63, 3.8) is 0 Å². The number of carboxylic acid groups (broad SMARTS) is 1. The van der Waals surface area contributed by atoms with Crippen LogP contribution >= 0.6 is 0 Å². The van der Waals surface area contributed by atoms with Gasteiger partial charge in [0, 0.05) is 6.04 Å². The summed E-state index contributed by atoms with van der Waals surface area (Å²) in [6, 6.07) is -0.129. The SMILES string of the molecule is C#C[C@@H]1CC[C@H](C)N1C(=O)O. The fourth-order valence-corrected chi connectivity index (χ4v) is 1.47. The molecule has 0 saturated carbocycles. The topological polar surface area (TPSA) is 40.5 Å². The molecule has 1 saturated heterocycles. The summed E-state index contributed by atoms with van der Waals surface area (Å²) in [4.78, 5) is 12.0. The first-order valence-electron chi connectivity index (χ1n) is 3.64. The van der Waals surface area contributed by atoms with Crippen LogP contribution in [-0.4, -0.2) is 28.2 Å². The first-order chi connectivity index (χ1) is 5.16. The predicted molar refractivity (Wildman–Crippen MR) is 41.2 cm³/mol. The second kappa shape index (κ2) is 2.83. The third-order valence-corrected chi connectivity index (χ3v) is 2.08. The highest BCUT2D eigenvalue weighted by molar-refractivity contribution is 5.67. The van der Waals surface area contributed by atoms with Crippen molar-refractivity contribution in [3.05, 3.63) is 0 Å². The molecule has 11 heavy (non-hydrogen) atoms. The minimum atomic E-state index is -0.905. The zero-order chi connectivity index (χ0) is 8.43. The molecule has 3 heteroatoms. The van der Waals surface area contributed by atoms with Gasteiger partial charge >= 0.3 is 6.09 Å². The van der Waals surface area contributed by atoms with E-state index in [1.165, 1.54) is 4.90 Å². The van der Waals surface area contributed by atoms with Crippen molar-refractivity contribution in [1.29, 1.82) is 0 Å². The second-order valence-corrected chi connectivity index (χ2v) is 2.80. The third-order valence-electron chi connectivity index (χ3n) is 2.08. The van der Waals surface area contributed by atoms with Gasteiger partial charge in [-0.05, 0) is 19.8 Å². The quantitative estimate of drug-likeness (QED) is 0.530. The van der Waals surface area contributed by atoms with Crippen LogP contribution in [0.15, 0.2) is 0 Å². The highest BCUT2D eigenvalue weighted by atomic mass is 16.4. The lowest BCUT2D eigenvalue weighted by atomic mass is 10.2. The number of hydrogen-bond donors (Lipinski definition) is 1. The Morgan fingerprint density at radius 3 is 2.73 bits per heavy atom. The minimum Gasteiger partial charge on any atom is -0.465 e. The Morgan fingerprint density at radius 1 is 1.73 bits per heavy atom.